The van der Waals surface area contributed by atoms with Crippen molar-refractivity contribution in [2.45, 2.75) is 38.3 Å². The van der Waals surface area contributed by atoms with Crippen LogP contribution >= 0.6 is 24.0 Å². The number of benzene rings is 1. The van der Waals surface area contributed by atoms with Gasteiger partial charge in [-0.25, -0.2) is 0 Å². The van der Waals surface area contributed by atoms with Gasteiger partial charge in [0, 0.05) is 41.8 Å². The van der Waals surface area contributed by atoms with Crippen molar-refractivity contribution >= 4 is 35.6 Å². The Kier molecular flexibility index (Phi) is 6.57. The zero-order valence-electron chi connectivity index (χ0n) is 13.4. The highest BCUT2D eigenvalue weighted by Gasteiger charge is 2.29. The molecule has 1 unspecified atom stereocenters. The van der Waals surface area contributed by atoms with Crippen LogP contribution in [0.15, 0.2) is 24.3 Å². The lowest BCUT2D eigenvalue weighted by Crippen LogP contribution is -2.46. The predicted molar refractivity (Wildman–Crippen MR) is 97.6 cm³/mol. The molecule has 0 spiro atoms. The zero-order valence-corrected chi connectivity index (χ0v) is 15.0. The van der Waals surface area contributed by atoms with E-state index in [1.54, 1.807) is 0 Å². The Hall–Kier alpha value is -0.970. The maximum atomic E-state index is 12.4. The fraction of sp³-hybridized carbons (Fsp3) is 0.588. The van der Waals surface area contributed by atoms with Crippen molar-refractivity contribution in [3.63, 3.8) is 0 Å². The van der Waals surface area contributed by atoms with E-state index in [1.807, 2.05) is 18.2 Å². The number of piperidine rings is 1. The summed E-state index contributed by atoms with van der Waals surface area (Å²) in [6.45, 7) is 4.93. The molecule has 2 heterocycles. The molecule has 2 fully saturated rings. The highest BCUT2D eigenvalue weighted by molar-refractivity contribution is 6.30. The highest BCUT2D eigenvalue weighted by Crippen LogP contribution is 2.24. The second kappa shape index (κ2) is 8.22. The maximum absolute atomic E-state index is 12.4. The van der Waals surface area contributed by atoms with E-state index < -0.39 is 0 Å². The fourth-order valence-corrected chi connectivity index (χ4v) is 3.66. The third kappa shape index (κ3) is 4.75. The first-order valence-electron chi connectivity index (χ1n) is 8.16. The maximum Gasteiger partial charge on any atom is 0.223 e. The average molecular weight is 358 g/mol. The minimum atomic E-state index is 0. The predicted octanol–water partition coefficient (Wildman–Crippen LogP) is 2.84. The van der Waals surface area contributed by atoms with Crippen molar-refractivity contribution < 1.29 is 4.79 Å². The molecule has 2 saturated heterocycles. The number of nitrogens with zero attached hydrogens (tertiary/aromatic N) is 1. The van der Waals surface area contributed by atoms with Crippen molar-refractivity contribution in [1.82, 2.24) is 10.6 Å². The van der Waals surface area contributed by atoms with Crippen molar-refractivity contribution in [3.8, 4) is 0 Å². The number of amides is 1. The lowest BCUT2D eigenvalue weighted by Gasteiger charge is -2.28. The number of halogens is 2. The van der Waals surface area contributed by atoms with Crippen molar-refractivity contribution in [2.24, 2.45) is 5.92 Å². The number of rotatable bonds is 3. The van der Waals surface area contributed by atoms with E-state index in [1.165, 1.54) is 0 Å². The summed E-state index contributed by atoms with van der Waals surface area (Å²) in [6.07, 6.45) is 2.89. The third-order valence-corrected chi connectivity index (χ3v) is 4.94. The molecule has 23 heavy (non-hydrogen) atoms. The van der Waals surface area contributed by atoms with Gasteiger partial charge >= 0.3 is 0 Å². The molecule has 0 aliphatic carbocycles. The van der Waals surface area contributed by atoms with Gasteiger partial charge in [-0.1, -0.05) is 17.7 Å². The summed E-state index contributed by atoms with van der Waals surface area (Å²) in [4.78, 5) is 14.7. The Labute approximate surface area is 149 Å². The summed E-state index contributed by atoms with van der Waals surface area (Å²) in [5.74, 6) is 0.391. The fourth-order valence-electron chi connectivity index (χ4n) is 3.47. The molecule has 1 aromatic carbocycles. The van der Waals surface area contributed by atoms with Gasteiger partial charge in [-0.3, -0.25) is 4.79 Å². The van der Waals surface area contributed by atoms with Crippen LogP contribution < -0.4 is 15.5 Å². The summed E-state index contributed by atoms with van der Waals surface area (Å²) >= 11 is 6.06. The molecule has 1 aromatic rings. The van der Waals surface area contributed by atoms with Crippen LogP contribution in [0, 0.1) is 5.92 Å². The van der Waals surface area contributed by atoms with E-state index in [0.717, 1.165) is 49.6 Å². The van der Waals surface area contributed by atoms with E-state index in [9.17, 15) is 4.79 Å². The largest absolute Gasteiger partial charge is 0.369 e. The summed E-state index contributed by atoms with van der Waals surface area (Å²) in [6, 6.07) is 8.61. The standard InChI is InChI=1S/C17H24ClN3O.ClH/c1-12-9-13(5-7-19-12)17(22)20-15-6-8-21(11-15)16-4-2-3-14(18)10-16;/h2-4,10,12-13,15,19H,5-9,11H2,1H3,(H,20,22);1H/t12-,13-,15?;/m0./s1. The monoisotopic (exact) mass is 357 g/mol. The van der Waals surface area contributed by atoms with Gasteiger partial charge in [0.15, 0.2) is 0 Å². The van der Waals surface area contributed by atoms with Gasteiger partial charge in [0.1, 0.15) is 0 Å². The van der Waals surface area contributed by atoms with Gasteiger partial charge in [0.05, 0.1) is 0 Å². The van der Waals surface area contributed by atoms with Crippen LogP contribution in [0.25, 0.3) is 0 Å². The van der Waals surface area contributed by atoms with E-state index in [2.05, 4.69) is 28.5 Å². The Morgan fingerprint density at radius 1 is 1.39 bits per heavy atom. The third-order valence-electron chi connectivity index (χ3n) is 4.70. The molecule has 4 nitrogen and oxygen atoms in total. The van der Waals surface area contributed by atoms with Crippen LogP contribution in [-0.4, -0.2) is 37.6 Å². The number of nitrogens with one attached hydrogen (secondary N) is 2. The van der Waals surface area contributed by atoms with Crippen molar-refractivity contribution in [3.05, 3.63) is 29.3 Å². The lowest BCUT2D eigenvalue weighted by atomic mass is 9.92. The minimum absolute atomic E-state index is 0. The second-order valence-electron chi connectivity index (χ2n) is 6.50. The molecule has 0 saturated carbocycles. The SMILES string of the molecule is C[C@H]1C[C@@H](C(=O)NC2CCN(c3cccc(Cl)c3)C2)CCN1.Cl. The topological polar surface area (TPSA) is 44.4 Å². The van der Waals surface area contributed by atoms with E-state index in [4.69, 9.17) is 11.6 Å². The number of hydrogen-bond donors (Lipinski definition) is 2. The van der Waals surface area contributed by atoms with Crippen LogP contribution in [0.1, 0.15) is 26.2 Å². The number of hydrogen-bond acceptors (Lipinski definition) is 3. The van der Waals surface area contributed by atoms with Crippen molar-refractivity contribution in [1.29, 1.82) is 0 Å². The first-order chi connectivity index (χ1) is 10.6. The smallest absolute Gasteiger partial charge is 0.223 e. The van der Waals surface area contributed by atoms with E-state index in [-0.39, 0.29) is 30.3 Å². The number of carbonyl (C=O) groups is 1. The van der Waals surface area contributed by atoms with E-state index in [0.29, 0.717) is 6.04 Å². The van der Waals surface area contributed by atoms with Crippen LogP contribution in [0.4, 0.5) is 5.69 Å². The molecule has 0 bridgehead atoms. The quantitative estimate of drug-likeness (QED) is 0.873. The lowest BCUT2D eigenvalue weighted by molar-refractivity contribution is -0.126. The molecule has 6 heteroatoms. The van der Waals surface area contributed by atoms with Crippen LogP contribution in [-0.2, 0) is 4.79 Å². The van der Waals surface area contributed by atoms with Crippen LogP contribution in [0.5, 0.6) is 0 Å². The molecule has 0 radical (unpaired) electrons. The molecule has 2 aliphatic rings. The molecule has 2 aliphatic heterocycles. The molecular weight excluding hydrogens is 333 g/mol. The molecule has 3 atom stereocenters. The summed E-state index contributed by atoms with van der Waals surface area (Å²) < 4.78 is 0. The normalized spacial score (nSPS) is 27.4. The summed E-state index contributed by atoms with van der Waals surface area (Å²) in [5.41, 5.74) is 1.14. The van der Waals surface area contributed by atoms with Gasteiger partial charge in [0.25, 0.3) is 0 Å². The number of anilines is 1. The van der Waals surface area contributed by atoms with E-state index >= 15 is 0 Å². The first kappa shape index (κ1) is 18.4. The van der Waals surface area contributed by atoms with Gasteiger partial charge < -0.3 is 15.5 Å². The second-order valence-corrected chi connectivity index (χ2v) is 6.93. The molecule has 0 aromatic heterocycles. The minimum Gasteiger partial charge on any atom is -0.369 e. The summed E-state index contributed by atoms with van der Waals surface area (Å²) in [5, 5.41) is 7.39. The van der Waals surface area contributed by atoms with Gasteiger partial charge in [-0.15, -0.1) is 12.4 Å². The zero-order chi connectivity index (χ0) is 15.5. The molecule has 3 rings (SSSR count). The van der Waals surface area contributed by atoms with Gasteiger partial charge in [0.2, 0.25) is 5.91 Å². The Morgan fingerprint density at radius 2 is 2.22 bits per heavy atom. The molecule has 128 valence electrons. The molecule has 2 N–H and O–H groups in total. The summed E-state index contributed by atoms with van der Waals surface area (Å²) in [7, 11) is 0. The van der Waals surface area contributed by atoms with Crippen LogP contribution in [0.3, 0.4) is 0 Å². The van der Waals surface area contributed by atoms with Gasteiger partial charge in [-0.05, 0) is 50.9 Å². The van der Waals surface area contributed by atoms with Crippen molar-refractivity contribution in [2.75, 3.05) is 24.5 Å². The Morgan fingerprint density at radius 3 is 2.96 bits per heavy atom. The molecule has 1 amide bonds. The van der Waals surface area contributed by atoms with Gasteiger partial charge in [-0.2, -0.15) is 0 Å². The number of carbonyl (C=O) groups excluding carboxylic acids is 1. The Bertz CT molecular complexity index is 540. The highest BCUT2D eigenvalue weighted by atomic mass is 35.5. The average Bonchev–Trinajstić information content (AvgIpc) is 2.96. The van der Waals surface area contributed by atoms with Crippen LogP contribution in [0.2, 0.25) is 5.02 Å². The molecular formula is C17H25Cl2N3O. The first-order valence-corrected chi connectivity index (χ1v) is 8.54. The Balaban J connectivity index is 0.00000192.